The molecule has 108 valence electrons. The number of anilines is 1. The van der Waals surface area contributed by atoms with Crippen molar-refractivity contribution < 1.29 is 13.2 Å². The summed E-state index contributed by atoms with van der Waals surface area (Å²) in [7, 11) is 0. The summed E-state index contributed by atoms with van der Waals surface area (Å²) < 4.78 is 38.0. The van der Waals surface area contributed by atoms with Crippen LogP contribution >= 0.6 is 0 Å². The first-order chi connectivity index (χ1) is 9.50. The average molecular weight is 283 g/mol. The molecule has 1 fully saturated rings. The van der Waals surface area contributed by atoms with Crippen molar-refractivity contribution in [3.63, 3.8) is 0 Å². The minimum absolute atomic E-state index is 0.330. The van der Waals surface area contributed by atoms with E-state index in [1.165, 1.54) is 12.1 Å². The second kappa shape index (κ2) is 6.14. The molecule has 0 aliphatic carbocycles. The van der Waals surface area contributed by atoms with Crippen LogP contribution in [-0.4, -0.2) is 19.1 Å². The topological polar surface area (TPSA) is 47.9 Å². The van der Waals surface area contributed by atoms with Gasteiger partial charge in [-0.1, -0.05) is 6.42 Å². The van der Waals surface area contributed by atoms with Gasteiger partial charge in [0.15, 0.2) is 0 Å². The molecular weight excluding hydrogens is 267 g/mol. The highest BCUT2D eigenvalue weighted by Crippen LogP contribution is 2.32. The van der Waals surface area contributed by atoms with Crippen LogP contribution in [0.5, 0.6) is 0 Å². The van der Waals surface area contributed by atoms with E-state index in [2.05, 4.69) is 10.6 Å². The molecular formula is C14H16F3N3. The number of halogens is 3. The number of hydrogen-bond acceptors (Lipinski definition) is 3. The molecule has 20 heavy (non-hydrogen) atoms. The molecule has 2 rings (SSSR count). The Morgan fingerprint density at radius 2 is 2.15 bits per heavy atom. The molecule has 1 saturated heterocycles. The molecule has 2 N–H and O–H groups in total. The Kier molecular flexibility index (Phi) is 4.50. The van der Waals surface area contributed by atoms with E-state index in [9.17, 15) is 13.2 Å². The number of hydrogen-bond donors (Lipinski definition) is 2. The summed E-state index contributed by atoms with van der Waals surface area (Å²) in [6.45, 7) is 1.62. The number of benzene rings is 1. The molecule has 0 amide bonds. The Bertz CT molecular complexity index is 499. The number of piperidine rings is 1. The monoisotopic (exact) mass is 283 g/mol. The Hall–Kier alpha value is -1.74. The third-order valence-corrected chi connectivity index (χ3v) is 3.41. The standard InChI is InChI=1S/C14H16F3N3/c15-14(16,17)13-5-4-11(7-10(13)8-18)20-9-12-3-1-2-6-19-12/h4-5,7,12,19-20H,1-3,6,9H2. The molecule has 1 aliphatic rings. The number of nitrogens with one attached hydrogen (secondary N) is 2. The lowest BCUT2D eigenvalue weighted by atomic mass is 10.0. The zero-order valence-corrected chi connectivity index (χ0v) is 10.9. The minimum Gasteiger partial charge on any atom is -0.383 e. The maximum Gasteiger partial charge on any atom is 0.417 e. The van der Waals surface area contributed by atoms with Crippen LogP contribution in [0.1, 0.15) is 30.4 Å². The van der Waals surface area contributed by atoms with Gasteiger partial charge in [0.25, 0.3) is 0 Å². The fraction of sp³-hybridized carbons (Fsp3) is 0.500. The summed E-state index contributed by atoms with van der Waals surface area (Å²) in [6.07, 6.45) is -1.11. The van der Waals surface area contributed by atoms with E-state index < -0.39 is 11.7 Å². The van der Waals surface area contributed by atoms with E-state index in [-0.39, 0.29) is 5.56 Å². The molecule has 1 atom stereocenters. The summed E-state index contributed by atoms with van der Waals surface area (Å²) in [4.78, 5) is 0. The number of alkyl halides is 3. The van der Waals surface area contributed by atoms with Crippen molar-refractivity contribution >= 4 is 5.69 Å². The second-order valence-corrected chi connectivity index (χ2v) is 4.90. The Morgan fingerprint density at radius 3 is 2.75 bits per heavy atom. The summed E-state index contributed by atoms with van der Waals surface area (Å²) in [5.74, 6) is 0. The van der Waals surface area contributed by atoms with Crippen LogP contribution in [0.15, 0.2) is 18.2 Å². The zero-order chi connectivity index (χ0) is 14.6. The van der Waals surface area contributed by atoms with Crippen molar-refractivity contribution in [1.82, 2.24) is 5.32 Å². The maximum atomic E-state index is 12.7. The van der Waals surface area contributed by atoms with Gasteiger partial charge in [-0.2, -0.15) is 18.4 Å². The van der Waals surface area contributed by atoms with Crippen LogP contribution in [-0.2, 0) is 6.18 Å². The van der Waals surface area contributed by atoms with Gasteiger partial charge in [0, 0.05) is 18.3 Å². The second-order valence-electron chi connectivity index (χ2n) is 4.90. The third-order valence-electron chi connectivity index (χ3n) is 3.41. The molecule has 0 spiro atoms. The highest BCUT2D eigenvalue weighted by Gasteiger charge is 2.33. The molecule has 1 unspecified atom stereocenters. The van der Waals surface area contributed by atoms with Crippen molar-refractivity contribution in [2.45, 2.75) is 31.5 Å². The third kappa shape index (κ3) is 3.64. The van der Waals surface area contributed by atoms with E-state index in [4.69, 9.17) is 5.26 Å². The van der Waals surface area contributed by atoms with Gasteiger partial charge >= 0.3 is 6.18 Å². The predicted octanol–water partition coefficient (Wildman–Crippen LogP) is 3.13. The predicted molar refractivity (Wildman–Crippen MR) is 70.3 cm³/mol. The minimum atomic E-state index is -4.49. The lowest BCUT2D eigenvalue weighted by Crippen LogP contribution is -2.39. The summed E-state index contributed by atoms with van der Waals surface area (Å²) >= 11 is 0. The smallest absolute Gasteiger partial charge is 0.383 e. The average Bonchev–Trinajstić information content (AvgIpc) is 2.45. The van der Waals surface area contributed by atoms with Gasteiger partial charge in [-0.05, 0) is 37.6 Å². The molecule has 0 aromatic heterocycles. The van der Waals surface area contributed by atoms with Crippen molar-refractivity contribution in [3.05, 3.63) is 29.3 Å². The normalized spacial score (nSPS) is 19.4. The summed E-state index contributed by atoms with van der Waals surface area (Å²) in [5.41, 5.74) is -0.692. The van der Waals surface area contributed by atoms with E-state index in [1.807, 2.05) is 0 Å². The van der Waals surface area contributed by atoms with E-state index in [0.717, 1.165) is 31.9 Å². The van der Waals surface area contributed by atoms with Gasteiger partial charge < -0.3 is 10.6 Å². The van der Waals surface area contributed by atoms with E-state index in [1.54, 1.807) is 6.07 Å². The van der Waals surface area contributed by atoms with Gasteiger partial charge in [-0.3, -0.25) is 0 Å². The fourth-order valence-electron chi connectivity index (χ4n) is 2.33. The maximum absolute atomic E-state index is 12.7. The number of nitrogens with zero attached hydrogens (tertiary/aromatic N) is 1. The summed E-state index contributed by atoms with van der Waals surface area (Å²) in [5, 5.41) is 15.3. The molecule has 6 heteroatoms. The molecule has 1 aliphatic heterocycles. The van der Waals surface area contributed by atoms with Gasteiger partial charge in [0.2, 0.25) is 0 Å². The Labute approximate surface area is 115 Å². The summed E-state index contributed by atoms with van der Waals surface area (Å²) in [6, 6.07) is 5.51. The quantitative estimate of drug-likeness (QED) is 0.896. The lowest BCUT2D eigenvalue weighted by molar-refractivity contribution is -0.137. The van der Waals surface area contributed by atoms with Crippen molar-refractivity contribution in [2.75, 3.05) is 18.4 Å². The van der Waals surface area contributed by atoms with Crippen molar-refractivity contribution in [2.24, 2.45) is 0 Å². The van der Waals surface area contributed by atoms with E-state index >= 15 is 0 Å². The van der Waals surface area contributed by atoms with Gasteiger partial charge in [0.1, 0.15) is 0 Å². The highest BCUT2D eigenvalue weighted by atomic mass is 19.4. The van der Waals surface area contributed by atoms with Gasteiger partial charge in [-0.15, -0.1) is 0 Å². The molecule has 1 aromatic rings. The Balaban J connectivity index is 2.04. The van der Waals surface area contributed by atoms with Crippen LogP contribution in [0.2, 0.25) is 0 Å². The SMILES string of the molecule is N#Cc1cc(NCC2CCCCN2)ccc1C(F)(F)F. The molecule has 1 aromatic carbocycles. The van der Waals surface area contributed by atoms with Crippen LogP contribution in [0, 0.1) is 11.3 Å². The first-order valence-electron chi connectivity index (χ1n) is 6.59. The van der Waals surface area contributed by atoms with Crippen LogP contribution in [0.25, 0.3) is 0 Å². The fourth-order valence-corrected chi connectivity index (χ4v) is 2.33. The molecule has 1 heterocycles. The van der Waals surface area contributed by atoms with Crippen LogP contribution < -0.4 is 10.6 Å². The lowest BCUT2D eigenvalue weighted by Gasteiger charge is -2.24. The number of rotatable bonds is 3. The van der Waals surface area contributed by atoms with Crippen LogP contribution in [0.3, 0.4) is 0 Å². The first-order valence-corrected chi connectivity index (χ1v) is 6.59. The van der Waals surface area contributed by atoms with Crippen molar-refractivity contribution in [3.8, 4) is 6.07 Å². The van der Waals surface area contributed by atoms with E-state index in [0.29, 0.717) is 18.3 Å². The van der Waals surface area contributed by atoms with Crippen molar-refractivity contribution in [1.29, 1.82) is 5.26 Å². The molecule has 0 radical (unpaired) electrons. The highest BCUT2D eigenvalue weighted by molar-refractivity contribution is 5.53. The largest absolute Gasteiger partial charge is 0.417 e. The number of nitriles is 1. The zero-order valence-electron chi connectivity index (χ0n) is 10.9. The Morgan fingerprint density at radius 1 is 1.35 bits per heavy atom. The van der Waals surface area contributed by atoms with Gasteiger partial charge in [0.05, 0.1) is 17.2 Å². The molecule has 0 bridgehead atoms. The van der Waals surface area contributed by atoms with Crippen LogP contribution in [0.4, 0.5) is 18.9 Å². The molecule has 0 saturated carbocycles. The molecule has 3 nitrogen and oxygen atoms in total. The van der Waals surface area contributed by atoms with Gasteiger partial charge in [-0.25, -0.2) is 0 Å². The first kappa shape index (κ1) is 14.7.